The summed E-state index contributed by atoms with van der Waals surface area (Å²) < 4.78 is 5.35. The second kappa shape index (κ2) is 5.85. The van der Waals surface area contributed by atoms with Gasteiger partial charge >= 0.3 is 5.97 Å². The molecule has 1 saturated carbocycles. The van der Waals surface area contributed by atoms with Gasteiger partial charge < -0.3 is 15.2 Å². The summed E-state index contributed by atoms with van der Waals surface area (Å²) in [6, 6.07) is 5.79. The number of carboxylic acid groups (broad SMARTS) is 1. The van der Waals surface area contributed by atoms with Crippen molar-refractivity contribution in [2.75, 3.05) is 5.32 Å². The van der Waals surface area contributed by atoms with Gasteiger partial charge in [0.15, 0.2) is 0 Å². The molecule has 0 radical (unpaired) electrons. The third-order valence-electron chi connectivity index (χ3n) is 4.38. The lowest BCUT2D eigenvalue weighted by atomic mass is 9.81. The van der Waals surface area contributed by atoms with E-state index in [2.05, 4.69) is 5.32 Å². The molecule has 0 spiro atoms. The lowest BCUT2D eigenvalue weighted by Crippen LogP contribution is -2.30. The van der Waals surface area contributed by atoms with Gasteiger partial charge in [-0.1, -0.05) is 12.5 Å². The van der Waals surface area contributed by atoms with Crippen molar-refractivity contribution < 1.29 is 19.4 Å². The molecule has 112 valence electrons. The van der Waals surface area contributed by atoms with Gasteiger partial charge in [-0.15, -0.1) is 0 Å². The van der Waals surface area contributed by atoms with E-state index in [1.54, 1.807) is 0 Å². The highest BCUT2D eigenvalue weighted by atomic mass is 16.5. The summed E-state index contributed by atoms with van der Waals surface area (Å²) in [7, 11) is 0. The van der Waals surface area contributed by atoms with E-state index in [0.29, 0.717) is 26.1 Å². The number of fused-ring (bicyclic) bond motifs is 1. The average Bonchev–Trinajstić information content (AvgIpc) is 2.95. The first-order chi connectivity index (χ1) is 10.1. The maximum Gasteiger partial charge on any atom is 0.306 e. The van der Waals surface area contributed by atoms with E-state index in [0.717, 1.165) is 29.7 Å². The minimum absolute atomic E-state index is 0.0696. The van der Waals surface area contributed by atoms with E-state index in [9.17, 15) is 9.59 Å². The van der Waals surface area contributed by atoms with Crippen LogP contribution in [-0.4, -0.2) is 17.0 Å². The maximum absolute atomic E-state index is 12.3. The maximum atomic E-state index is 12.3. The Labute approximate surface area is 123 Å². The van der Waals surface area contributed by atoms with Crippen LogP contribution in [-0.2, 0) is 27.5 Å². The largest absolute Gasteiger partial charge is 0.481 e. The van der Waals surface area contributed by atoms with E-state index in [-0.39, 0.29) is 17.7 Å². The van der Waals surface area contributed by atoms with Crippen LogP contribution in [0, 0.1) is 11.8 Å². The number of carboxylic acids is 1. The summed E-state index contributed by atoms with van der Waals surface area (Å²) in [4.78, 5) is 23.4. The third kappa shape index (κ3) is 3.08. The standard InChI is InChI=1S/C16H19NO4/c18-15(10-2-1-3-11(6-10)16(19)20)17-14-5-4-12-8-21-9-13(12)7-14/h4-5,7,10-11H,1-3,6,8-9H2,(H,17,18)(H,19,20). The molecule has 1 aromatic rings. The molecule has 1 aliphatic carbocycles. The molecule has 1 heterocycles. The molecule has 2 aliphatic rings. The molecule has 1 fully saturated rings. The predicted molar refractivity (Wildman–Crippen MR) is 76.6 cm³/mol. The molecule has 1 aromatic carbocycles. The summed E-state index contributed by atoms with van der Waals surface area (Å²) in [6.45, 7) is 1.22. The zero-order chi connectivity index (χ0) is 14.8. The average molecular weight is 289 g/mol. The topological polar surface area (TPSA) is 75.6 Å². The van der Waals surface area contributed by atoms with Gasteiger partial charge in [0.05, 0.1) is 19.1 Å². The van der Waals surface area contributed by atoms with Crippen molar-refractivity contribution in [3.63, 3.8) is 0 Å². The number of benzene rings is 1. The van der Waals surface area contributed by atoms with Crippen molar-refractivity contribution in [2.45, 2.75) is 38.9 Å². The first kappa shape index (κ1) is 14.1. The van der Waals surface area contributed by atoms with Gasteiger partial charge in [0.1, 0.15) is 0 Å². The minimum atomic E-state index is -0.790. The van der Waals surface area contributed by atoms with E-state index in [1.165, 1.54) is 0 Å². The number of carbonyl (C=O) groups is 2. The Morgan fingerprint density at radius 2 is 1.90 bits per heavy atom. The highest BCUT2D eigenvalue weighted by Crippen LogP contribution is 2.30. The zero-order valence-electron chi connectivity index (χ0n) is 11.8. The molecule has 0 aromatic heterocycles. The van der Waals surface area contributed by atoms with Gasteiger partial charge in [0.2, 0.25) is 5.91 Å². The molecule has 1 aliphatic heterocycles. The lowest BCUT2D eigenvalue weighted by molar-refractivity contribution is -0.143. The summed E-state index contributed by atoms with van der Waals surface area (Å²) >= 11 is 0. The van der Waals surface area contributed by atoms with Crippen molar-refractivity contribution in [3.05, 3.63) is 29.3 Å². The van der Waals surface area contributed by atoms with Crippen molar-refractivity contribution in [2.24, 2.45) is 11.8 Å². The number of aliphatic carboxylic acids is 1. The number of rotatable bonds is 3. The van der Waals surface area contributed by atoms with Crippen LogP contribution in [0.2, 0.25) is 0 Å². The number of hydrogen-bond donors (Lipinski definition) is 2. The molecule has 2 unspecified atom stereocenters. The quantitative estimate of drug-likeness (QED) is 0.896. The summed E-state index contributed by atoms with van der Waals surface area (Å²) in [6.07, 6.45) is 2.68. The zero-order valence-corrected chi connectivity index (χ0v) is 11.8. The van der Waals surface area contributed by atoms with Gasteiger partial charge in [0.25, 0.3) is 0 Å². The lowest BCUT2D eigenvalue weighted by Gasteiger charge is -2.25. The molecule has 5 nitrogen and oxygen atoms in total. The third-order valence-corrected chi connectivity index (χ3v) is 4.38. The highest BCUT2D eigenvalue weighted by Gasteiger charge is 2.31. The SMILES string of the molecule is O=C(O)C1CCCC(C(=O)Nc2ccc3c(c2)COC3)C1. The van der Waals surface area contributed by atoms with Crippen LogP contribution >= 0.6 is 0 Å². The smallest absolute Gasteiger partial charge is 0.306 e. The normalized spacial score (nSPS) is 24.4. The van der Waals surface area contributed by atoms with Crippen LogP contribution in [0.4, 0.5) is 5.69 Å². The van der Waals surface area contributed by atoms with Gasteiger partial charge in [-0.2, -0.15) is 0 Å². The molecule has 2 N–H and O–H groups in total. The molecule has 3 rings (SSSR count). The fraction of sp³-hybridized carbons (Fsp3) is 0.500. The predicted octanol–water partition coefficient (Wildman–Crippen LogP) is 2.55. The van der Waals surface area contributed by atoms with E-state index in [1.807, 2.05) is 18.2 Å². The minimum Gasteiger partial charge on any atom is -0.481 e. The van der Waals surface area contributed by atoms with Gasteiger partial charge in [0, 0.05) is 11.6 Å². The van der Waals surface area contributed by atoms with Crippen LogP contribution in [0.15, 0.2) is 18.2 Å². The Bertz CT molecular complexity index is 569. The van der Waals surface area contributed by atoms with Crippen LogP contribution in [0.5, 0.6) is 0 Å². The van der Waals surface area contributed by atoms with Crippen molar-refractivity contribution in [1.29, 1.82) is 0 Å². The highest BCUT2D eigenvalue weighted by molar-refractivity contribution is 5.93. The Morgan fingerprint density at radius 1 is 1.14 bits per heavy atom. The Morgan fingerprint density at radius 3 is 2.71 bits per heavy atom. The van der Waals surface area contributed by atoms with Crippen molar-refractivity contribution in [3.8, 4) is 0 Å². The van der Waals surface area contributed by atoms with Crippen LogP contribution in [0.1, 0.15) is 36.8 Å². The molecule has 0 saturated heterocycles. The van der Waals surface area contributed by atoms with Gasteiger partial charge in [-0.25, -0.2) is 0 Å². The van der Waals surface area contributed by atoms with Crippen molar-refractivity contribution in [1.82, 2.24) is 0 Å². The molecular formula is C16H19NO4. The molecule has 2 atom stereocenters. The summed E-state index contributed by atoms with van der Waals surface area (Å²) in [5, 5.41) is 12.0. The second-order valence-corrected chi connectivity index (χ2v) is 5.86. The van der Waals surface area contributed by atoms with E-state index < -0.39 is 5.97 Å². The number of carbonyl (C=O) groups excluding carboxylic acids is 1. The number of amides is 1. The van der Waals surface area contributed by atoms with E-state index in [4.69, 9.17) is 9.84 Å². The van der Waals surface area contributed by atoms with Gasteiger partial charge in [-0.3, -0.25) is 9.59 Å². The fourth-order valence-corrected chi connectivity index (χ4v) is 3.15. The number of hydrogen-bond acceptors (Lipinski definition) is 3. The Balaban J connectivity index is 1.64. The number of ether oxygens (including phenoxy) is 1. The van der Waals surface area contributed by atoms with Crippen LogP contribution < -0.4 is 5.32 Å². The van der Waals surface area contributed by atoms with Crippen LogP contribution in [0.3, 0.4) is 0 Å². The fourth-order valence-electron chi connectivity index (χ4n) is 3.15. The Kier molecular flexibility index (Phi) is 3.92. The van der Waals surface area contributed by atoms with E-state index >= 15 is 0 Å². The molecule has 21 heavy (non-hydrogen) atoms. The first-order valence-electron chi connectivity index (χ1n) is 7.36. The number of anilines is 1. The number of nitrogens with one attached hydrogen (secondary N) is 1. The van der Waals surface area contributed by atoms with Gasteiger partial charge in [-0.05, 0) is 42.5 Å². The first-order valence-corrected chi connectivity index (χ1v) is 7.36. The monoisotopic (exact) mass is 289 g/mol. The Hall–Kier alpha value is -1.88. The molecule has 0 bridgehead atoms. The summed E-state index contributed by atoms with van der Waals surface area (Å²) in [5.74, 6) is -1.45. The summed E-state index contributed by atoms with van der Waals surface area (Å²) in [5.41, 5.74) is 3.04. The molecule has 1 amide bonds. The molecule has 5 heteroatoms. The van der Waals surface area contributed by atoms with Crippen molar-refractivity contribution >= 4 is 17.6 Å². The molecular weight excluding hydrogens is 270 g/mol. The van der Waals surface area contributed by atoms with Crippen LogP contribution in [0.25, 0.3) is 0 Å². The second-order valence-electron chi connectivity index (χ2n) is 5.86.